The van der Waals surface area contributed by atoms with Gasteiger partial charge in [-0.05, 0) is 32.9 Å². The predicted molar refractivity (Wildman–Crippen MR) is 143 cm³/mol. The maximum Gasteiger partial charge on any atom is 0.408 e. The third-order valence-corrected chi connectivity index (χ3v) is 8.05. The van der Waals surface area contributed by atoms with Crippen molar-refractivity contribution in [1.82, 2.24) is 39.2 Å². The minimum Gasteiger partial charge on any atom is -0.366 e. The largest absolute Gasteiger partial charge is 0.408 e. The topological polar surface area (TPSA) is 110 Å². The van der Waals surface area contributed by atoms with Crippen LogP contribution in [0.2, 0.25) is 0 Å². The van der Waals surface area contributed by atoms with Crippen molar-refractivity contribution < 1.29 is 18.0 Å². The van der Waals surface area contributed by atoms with E-state index in [4.69, 9.17) is 0 Å². The van der Waals surface area contributed by atoms with Crippen LogP contribution in [0.3, 0.4) is 0 Å². The molecule has 210 valence electrons. The molecule has 0 spiro atoms. The van der Waals surface area contributed by atoms with E-state index in [0.29, 0.717) is 5.92 Å². The Hall–Kier alpha value is -3.85. The second-order valence-corrected chi connectivity index (χ2v) is 11.0. The lowest BCUT2D eigenvalue weighted by Gasteiger charge is -2.35. The lowest BCUT2D eigenvalue weighted by atomic mass is 10.2. The molecule has 0 aromatic carbocycles. The van der Waals surface area contributed by atoms with Gasteiger partial charge in [0.15, 0.2) is 10.8 Å². The molecule has 1 N–H and O–H groups in total. The molecule has 6 rings (SSSR count). The normalized spacial score (nSPS) is 17.3. The number of amides is 1. The number of anilines is 2. The molecule has 2 aliphatic rings. The number of pyridine rings is 1. The van der Waals surface area contributed by atoms with Crippen molar-refractivity contribution in [1.29, 1.82) is 0 Å². The highest BCUT2D eigenvalue weighted by Crippen LogP contribution is 2.39. The third-order valence-electron chi connectivity index (χ3n) is 7.22. The van der Waals surface area contributed by atoms with Gasteiger partial charge in [-0.1, -0.05) is 0 Å². The summed E-state index contributed by atoms with van der Waals surface area (Å²) in [4.78, 5) is 31.1. The Morgan fingerprint density at radius 3 is 2.62 bits per heavy atom. The second-order valence-electron chi connectivity index (χ2n) is 10.1. The third kappa shape index (κ3) is 5.30. The highest BCUT2D eigenvalue weighted by molar-refractivity contribution is 7.13. The van der Waals surface area contributed by atoms with Gasteiger partial charge in [-0.3, -0.25) is 9.36 Å². The number of alkyl halides is 3. The molecule has 1 atom stereocenters. The van der Waals surface area contributed by atoms with Gasteiger partial charge in [0.1, 0.15) is 23.9 Å². The van der Waals surface area contributed by atoms with Gasteiger partial charge in [0.25, 0.3) is 5.91 Å². The van der Waals surface area contributed by atoms with Gasteiger partial charge < -0.3 is 19.7 Å². The smallest absolute Gasteiger partial charge is 0.366 e. The first-order valence-corrected chi connectivity index (χ1v) is 13.8. The molecule has 0 radical (unpaired) electrons. The molecule has 15 heteroatoms. The monoisotopic (exact) mass is 572 g/mol. The molecular weight excluding hydrogens is 545 g/mol. The molecule has 1 saturated heterocycles. The van der Waals surface area contributed by atoms with Gasteiger partial charge in [-0.15, -0.1) is 21.5 Å². The molecule has 2 fully saturated rings. The van der Waals surface area contributed by atoms with Crippen LogP contribution in [-0.4, -0.2) is 84.5 Å². The molecule has 5 heterocycles. The van der Waals surface area contributed by atoms with E-state index in [1.54, 1.807) is 24.0 Å². The van der Waals surface area contributed by atoms with E-state index in [9.17, 15) is 18.0 Å². The Labute approximate surface area is 231 Å². The molecule has 0 unspecified atom stereocenters. The van der Waals surface area contributed by atoms with E-state index in [2.05, 4.69) is 47.3 Å². The van der Waals surface area contributed by atoms with Gasteiger partial charge in [0.05, 0.1) is 29.6 Å². The van der Waals surface area contributed by atoms with Crippen LogP contribution in [-0.2, 0) is 0 Å². The Bertz CT molecular complexity index is 1520. The van der Waals surface area contributed by atoms with E-state index in [1.165, 1.54) is 0 Å². The average Bonchev–Trinajstić information content (AvgIpc) is 3.30. The number of nitrogens with zero attached hydrogens (tertiary/aromatic N) is 9. The lowest BCUT2D eigenvalue weighted by molar-refractivity contribution is -0.162. The number of rotatable bonds is 7. The van der Waals surface area contributed by atoms with Gasteiger partial charge >= 0.3 is 6.18 Å². The molecule has 1 amide bonds. The Balaban J connectivity index is 1.25. The standard InChI is InChI=1S/C25H27F3N10OS/c1-15(25(26,27)28)38-14-31-34-22(38)24-33-21(12-40-24)32-23(39)17-9-19(37-11-18(30-13-37)16-3-4-16)20(10-29-17)36-7-5-35(2)6-8-36/h9-16H,3-8H2,1-2H3,(H,32,39)/t15-/m0/s1. The Morgan fingerprint density at radius 2 is 1.90 bits per heavy atom. The zero-order chi connectivity index (χ0) is 28.0. The summed E-state index contributed by atoms with van der Waals surface area (Å²) >= 11 is 1.06. The molecular formula is C25H27F3N10OS. The highest BCUT2D eigenvalue weighted by Gasteiger charge is 2.39. The summed E-state index contributed by atoms with van der Waals surface area (Å²) in [7, 11) is 2.09. The van der Waals surface area contributed by atoms with Crippen LogP contribution in [0.1, 0.15) is 47.9 Å². The summed E-state index contributed by atoms with van der Waals surface area (Å²) in [6, 6.07) is -0.0968. The summed E-state index contributed by atoms with van der Waals surface area (Å²) in [5.41, 5.74) is 2.93. The number of carbonyl (C=O) groups is 1. The number of carbonyl (C=O) groups excluding carboxylic acids is 1. The van der Waals surface area contributed by atoms with Crippen molar-refractivity contribution >= 4 is 28.7 Å². The van der Waals surface area contributed by atoms with E-state index in [0.717, 1.165) is 85.2 Å². The van der Waals surface area contributed by atoms with E-state index in [1.807, 2.05) is 10.8 Å². The summed E-state index contributed by atoms with van der Waals surface area (Å²) < 4.78 is 42.7. The van der Waals surface area contributed by atoms with E-state index < -0.39 is 18.1 Å². The first-order chi connectivity index (χ1) is 19.2. The molecule has 1 aliphatic heterocycles. The molecule has 11 nitrogen and oxygen atoms in total. The summed E-state index contributed by atoms with van der Waals surface area (Å²) in [5.74, 6) is 0.153. The summed E-state index contributed by atoms with van der Waals surface area (Å²) in [6.45, 7) is 4.52. The molecule has 4 aromatic rings. The first kappa shape index (κ1) is 26.4. The number of hydrogen-bond donors (Lipinski definition) is 1. The maximum atomic E-state index is 13.3. The Kier molecular flexibility index (Phi) is 6.78. The number of halogens is 3. The van der Waals surface area contributed by atoms with Crippen LogP contribution in [0.4, 0.5) is 24.7 Å². The van der Waals surface area contributed by atoms with Crippen LogP contribution in [0.5, 0.6) is 0 Å². The molecule has 40 heavy (non-hydrogen) atoms. The van der Waals surface area contributed by atoms with Crippen molar-refractivity contribution in [2.45, 2.75) is 37.9 Å². The summed E-state index contributed by atoms with van der Waals surface area (Å²) in [6.07, 6.45) is 4.31. The molecule has 0 bridgehead atoms. The number of nitrogens with one attached hydrogen (secondary N) is 1. The highest BCUT2D eigenvalue weighted by atomic mass is 32.1. The fraction of sp³-hybridized carbons (Fsp3) is 0.440. The number of hydrogen-bond acceptors (Lipinski definition) is 9. The minimum absolute atomic E-state index is 0.0289. The fourth-order valence-electron chi connectivity index (χ4n) is 4.57. The number of likely N-dealkylation sites (N-methyl/N-ethyl adjacent to an activating group) is 1. The minimum atomic E-state index is -4.47. The number of imidazole rings is 1. The van der Waals surface area contributed by atoms with Crippen molar-refractivity contribution in [2.75, 3.05) is 43.4 Å². The number of thiazole rings is 1. The Morgan fingerprint density at radius 1 is 1.12 bits per heavy atom. The second kappa shape index (κ2) is 10.3. The van der Waals surface area contributed by atoms with Crippen molar-refractivity contribution in [3.05, 3.63) is 47.9 Å². The van der Waals surface area contributed by atoms with Crippen LogP contribution < -0.4 is 10.2 Å². The van der Waals surface area contributed by atoms with Gasteiger partial charge in [-0.2, -0.15) is 13.2 Å². The zero-order valence-electron chi connectivity index (χ0n) is 21.8. The zero-order valence-corrected chi connectivity index (χ0v) is 22.7. The van der Waals surface area contributed by atoms with E-state index >= 15 is 0 Å². The summed E-state index contributed by atoms with van der Waals surface area (Å²) in [5, 5.41) is 11.9. The molecule has 4 aromatic heterocycles. The van der Waals surface area contributed by atoms with Gasteiger partial charge in [-0.25, -0.2) is 15.0 Å². The number of piperazine rings is 1. The quantitative estimate of drug-likeness (QED) is 0.354. The average molecular weight is 573 g/mol. The van der Waals surface area contributed by atoms with Crippen molar-refractivity contribution in [2.24, 2.45) is 0 Å². The SMILES string of the molecule is C[C@H](n1cnnc1-c1nc(NC(=O)c2cc(-n3cnc(C4CC4)c3)c(N3CCN(C)CC3)cn2)cs1)C(F)(F)F. The van der Waals surface area contributed by atoms with Crippen molar-refractivity contribution in [3.8, 4) is 16.5 Å². The van der Waals surface area contributed by atoms with Gasteiger partial charge in [0, 0.05) is 43.7 Å². The molecule has 1 saturated carbocycles. The number of aromatic nitrogens is 7. The maximum absolute atomic E-state index is 13.3. The van der Waals surface area contributed by atoms with E-state index in [-0.39, 0.29) is 22.3 Å². The van der Waals surface area contributed by atoms with Crippen molar-refractivity contribution in [3.63, 3.8) is 0 Å². The molecule has 1 aliphatic carbocycles. The predicted octanol–water partition coefficient (Wildman–Crippen LogP) is 3.99. The first-order valence-electron chi connectivity index (χ1n) is 12.9. The lowest BCUT2D eigenvalue weighted by Crippen LogP contribution is -2.44. The van der Waals surface area contributed by atoms with Crippen LogP contribution in [0.15, 0.2) is 36.5 Å². The van der Waals surface area contributed by atoms with Crippen LogP contribution >= 0.6 is 11.3 Å². The van der Waals surface area contributed by atoms with Crippen LogP contribution in [0, 0.1) is 0 Å². The fourth-order valence-corrected chi connectivity index (χ4v) is 5.31. The van der Waals surface area contributed by atoms with Gasteiger partial charge in [0.2, 0.25) is 0 Å². The van der Waals surface area contributed by atoms with Crippen LogP contribution in [0.25, 0.3) is 16.5 Å².